The molecule has 1 N–H and O–H groups in total. The number of rotatable bonds is 4. The van der Waals surface area contributed by atoms with Gasteiger partial charge in [-0.1, -0.05) is 18.2 Å². The summed E-state index contributed by atoms with van der Waals surface area (Å²) in [6.07, 6.45) is 2.40. The fraction of sp³-hybridized carbons (Fsp3) is 0.562. The molecule has 3 heterocycles. The Morgan fingerprint density at radius 3 is 2.75 bits per heavy atom. The lowest BCUT2D eigenvalue weighted by molar-refractivity contribution is -0.0456. The second kappa shape index (κ2) is 5.94. The zero-order valence-electron chi connectivity index (χ0n) is 12.0. The van der Waals surface area contributed by atoms with Gasteiger partial charge in [0, 0.05) is 13.1 Å². The fourth-order valence-electron chi connectivity index (χ4n) is 3.31. The number of hydrogen-bond acceptors (Lipinski definition) is 4. The topological polar surface area (TPSA) is 41.6 Å². The summed E-state index contributed by atoms with van der Waals surface area (Å²) in [5.74, 6) is 0.384. The van der Waals surface area contributed by atoms with Crippen LogP contribution in [-0.4, -0.2) is 43.7 Å². The van der Waals surface area contributed by atoms with Gasteiger partial charge in [0.05, 0.1) is 5.56 Å². The third-order valence-corrected chi connectivity index (χ3v) is 4.46. The summed E-state index contributed by atoms with van der Waals surface area (Å²) in [4.78, 5) is 14.8. The van der Waals surface area contributed by atoms with Gasteiger partial charge in [0.15, 0.2) is 0 Å². The van der Waals surface area contributed by atoms with Crippen LogP contribution in [0.2, 0.25) is 0 Å². The van der Waals surface area contributed by atoms with E-state index in [1.54, 1.807) is 0 Å². The van der Waals surface area contributed by atoms with E-state index in [2.05, 4.69) is 10.2 Å². The molecule has 4 nitrogen and oxygen atoms in total. The van der Waals surface area contributed by atoms with Crippen molar-refractivity contribution in [2.45, 2.75) is 25.5 Å². The minimum atomic E-state index is -0.172. The van der Waals surface area contributed by atoms with Crippen molar-refractivity contribution < 1.29 is 9.53 Å². The second-order valence-electron chi connectivity index (χ2n) is 5.77. The number of nitrogens with one attached hydrogen (secondary N) is 1. The van der Waals surface area contributed by atoms with Crippen molar-refractivity contribution in [2.24, 2.45) is 5.92 Å². The Morgan fingerprint density at radius 2 is 2.10 bits per heavy atom. The van der Waals surface area contributed by atoms with E-state index in [4.69, 9.17) is 4.74 Å². The van der Waals surface area contributed by atoms with Gasteiger partial charge in [0.2, 0.25) is 0 Å². The number of hydrogen-bond donors (Lipinski definition) is 1. The molecule has 108 valence electrons. The predicted molar refractivity (Wildman–Crippen MR) is 77.6 cm³/mol. The first kappa shape index (κ1) is 13.6. The molecule has 4 rings (SSSR count). The van der Waals surface area contributed by atoms with E-state index in [0.29, 0.717) is 18.0 Å². The first-order valence-corrected chi connectivity index (χ1v) is 7.44. The molecule has 0 aliphatic carbocycles. The van der Waals surface area contributed by atoms with Crippen molar-refractivity contribution in [3.05, 3.63) is 35.4 Å². The average Bonchev–Trinajstić information content (AvgIpc) is 2.49. The molecule has 2 bridgehead atoms. The number of esters is 1. The largest absolute Gasteiger partial charge is 0.457 e. The summed E-state index contributed by atoms with van der Waals surface area (Å²) < 4.78 is 5.79. The maximum atomic E-state index is 12.4. The van der Waals surface area contributed by atoms with E-state index in [9.17, 15) is 4.79 Å². The number of carbonyl (C=O) groups excluding carboxylic acids is 1. The van der Waals surface area contributed by atoms with Crippen molar-refractivity contribution in [3.63, 3.8) is 0 Å². The van der Waals surface area contributed by atoms with E-state index in [0.717, 1.165) is 38.0 Å². The lowest BCUT2D eigenvalue weighted by Gasteiger charge is -2.43. The van der Waals surface area contributed by atoms with Crippen LogP contribution in [0.15, 0.2) is 24.3 Å². The third kappa shape index (κ3) is 2.72. The summed E-state index contributed by atoms with van der Waals surface area (Å²) in [6.45, 7) is 3.92. The molecule has 0 spiro atoms. The van der Waals surface area contributed by atoms with E-state index >= 15 is 0 Å². The molecule has 3 aliphatic rings. The van der Waals surface area contributed by atoms with E-state index in [1.165, 1.54) is 0 Å². The zero-order chi connectivity index (χ0) is 13.9. The van der Waals surface area contributed by atoms with Gasteiger partial charge in [-0.2, -0.15) is 0 Å². The van der Waals surface area contributed by atoms with Gasteiger partial charge in [0.25, 0.3) is 0 Å². The Balaban J connectivity index is 1.70. The molecular weight excluding hydrogens is 251 g/mol. The van der Waals surface area contributed by atoms with Crippen LogP contribution in [0, 0.1) is 5.92 Å². The highest BCUT2D eigenvalue weighted by Crippen LogP contribution is 2.30. The highest BCUT2D eigenvalue weighted by Gasteiger charge is 2.36. The summed E-state index contributed by atoms with van der Waals surface area (Å²) in [5, 5.41) is 3.09. The molecule has 1 unspecified atom stereocenters. The molecule has 0 saturated carbocycles. The maximum Gasteiger partial charge on any atom is 0.338 e. The van der Waals surface area contributed by atoms with Crippen molar-refractivity contribution in [1.29, 1.82) is 0 Å². The number of benzene rings is 1. The van der Waals surface area contributed by atoms with Crippen LogP contribution in [0.3, 0.4) is 0 Å². The van der Waals surface area contributed by atoms with Crippen LogP contribution in [0.1, 0.15) is 28.8 Å². The van der Waals surface area contributed by atoms with Gasteiger partial charge >= 0.3 is 5.97 Å². The number of piperidine rings is 3. The van der Waals surface area contributed by atoms with Crippen molar-refractivity contribution in [3.8, 4) is 0 Å². The molecular formula is C16H22N2O2. The van der Waals surface area contributed by atoms with Gasteiger partial charge < -0.3 is 10.1 Å². The molecule has 3 saturated heterocycles. The van der Waals surface area contributed by atoms with Crippen molar-refractivity contribution >= 4 is 5.97 Å². The van der Waals surface area contributed by atoms with E-state index < -0.39 is 0 Å². The third-order valence-electron chi connectivity index (χ3n) is 4.46. The van der Waals surface area contributed by atoms with Crippen LogP contribution in [0.4, 0.5) is 0 Å². The zero-order valence-corrected chi connectivity index (χ0v) is 12.0. The summed E-state index contributed by atoms with van der Waals surface area (Å²) >= 11 is 0. The summed E-state index contributed by atoms with van der Waals surface area (Å²) in [6, 6.07) is 7.68. The molecule has 0 amide bonds. The Morgan fingerprint density at radius 1 is 1.35 bits per heavy atom. The molecule has 0 radical (unpaired) electrons. The van der Waals surface area contributed by atoms with Gasteiger partial charge in [0.1, 0.15) is 6.10 Å². The molecule has 20 heavy (non-hydrogen) atoms. The highest BCUT2D eigenvalue weighted by atomic mass is 16.5. The quantitative estimate of drug-likeness (QED) is 0.847. The highest BCUT2D eigenvalue weighted by molar-refractivity contribution is 5.91. The van der Waals surface area contributed by atoms with Crippen LogP contribution in [0.25, 0.3) is 0 Å². The standard InChI is InChI=1S/C16H22N2O2/c1-17-10-13-4-2-3-5-14(13)16(19)20-15-11-18-8-6-12(15)7-9-18/h2-5,12,15,17H,6-11H2,1H3/i1-1. The maximum absolute atomic E-state index is 12.4. The van der Waals surface area contributed by atoms with Crippen LogP contribution < -0.4 is 5.32 Å². The first-order valence-electron chi connectivity index (χ1n) is 7.44. The Kier molecular flexibility index (Phi) is 4.03. The van der Waals surface area contributed by atoms with Crippen molar-refractivity contribution in [2.75, 3.05) is 26.7 Å². The predicted octanol–water partition coefficient (Wildman–Crippen LogP) is 1.66. The molecule has 1 aromatic carbocycles. The lowest BCUT2D eigenvalue weighted by atomic mass is 9.86. The van der Waals surface area contributed by atoms with Gasteiger partial charge in [-0.05, 0) is 50.5 Å². The van der Waals surface area contributed by atoms with Gasteiger partial charge in [-0.15, -0.1) is 0 Å². The Hall–Kier alpha value is -1.39. The SMILES string of the molecule is [11CH3]NCc1ccccc1C(=O)OC1CN2CCC1CC2. The average molecular weight is 273 g/mol. The molecule has 4 heteroatoms. The van der Waals surface area contributed by atoms with E-state index in [-0.39, 0.29) is 12.1 Å². The monoisotopic (exact) mass is 273 g/mol. The van der Waals surface area contributed by atoms with Crippen molar-refractivity contribution in [1.82, 2.24) is 10.2 Å². The molecule has 1 aromatic rings. The molecule has 0 aromatic heterocycles. The second-order valence-corrected chi connectivity index (χ2v) is 5.77. The normalized spacial score (nSPS) is 28.4. The molecule has 1 atom stereocenters. The molecule has 3 aliphatic heterocycles. The van der Waals surface area contributed by atoms with Crippen LogP contribution >= 0.6 is 0 Å². The molecule has 3 fully saturated rings. The number of fused-ring (bicyclic) bond motifs is 3. The lowest BCUT2D eigenvalue weighted by Crippen LogP contribution is -2.51. The van der Waals surface area contributed by atoms with Crippen LogP contribution in [0.5, 0.6) is 0 Å². The van der Waals surface area contributed by atoms with Gasteiger partial charge in [-0.25, -0.2) is 4.79 Å². The van der Waals surface area contributed by atoms with Gasteiger partial charge in [-0.3, -0.25) is 4.90 Å². The summed E-state index contributed by atoms with van der Waals surface area (Å²) in [5.41, 5.74) is 1.69. The first-order chi connectivity index (χ1) is 9.78. The number of carbonyl (C=O) groups is 1. The Labute approximate surface area is 120 Å². The fourth-order valence-corrected chi connectivity index (χ4v) is 3.31. The minimum Gasteiger partial charge on any atom is -0.457 e. The Bertz CT molecular complexity index is 481. The van der Waals surface area contributed by atoms with Crippen LogP contribution in [-0.2, 0) is 11.3 Å². The number of ether oxygens (including phenoxy) is 1. The summed E-state index contributed by atoms with van der Waals surface area (Å²) in [7, 11) is 1.88. The number of nitrogens with zero attached hydrogens (tertiary/aromatic N) is 1. The van der Waals surface area contributed by atoms with E-state index in [1.807, 2.05) is 31.3 Å². The minimum absolute atomic E-state index is 0.0765. The smallest absolute Gasteiger partial charge is 0.338 e.